The molecule has 5 rings (SSSR count). The maximum absolute atomic E-state index is 14.4. The van der Waals surface area contributed by atoms with Gasteiger partial charge in [0.05, 0.1) is 23.9 Å². The minimum Gasteiger partial charge on any atom is -0.497 e. The van der Waals surface area contributed by atoms with Crippen molar-refractivity contribution in [1.29, 1.82) is 0 Å². The SMILES string of the molecule is COc1ccc(-c2nc(CN3CCN(c4ncnc5ccccc45)CC3)c(C)o2)c(F)c1. The van der Waals surface area contributed by atoms with Crippen molar-refractivity contribution in [1.82, 2.24) is 19.9 Å². The van der Waals surface area contributed by atoms with E-state index >= 15 is 0 Å². The predicted molar refractivity (Wildman–Crippen MR) is 120 cm³/mol. The van der Waals surface area contributed by atoms with Gasteiger partial charge in [-0.1, -0.05) is 12.1 Å². The van der Waals surface area contributed by atoms with Gasteiger partial charge in [0.2, 0.25) is 5.89 Å². The lowest BCUT2D eigenvalue weighted by Crippen LogP contribution is -2.46. The molecule has 1 aliphatic heterocycles. The van der Waals surface area contributed by atoms with Gasteiger partial charge < -0.3 is 14.1 Å². The molecule has 0 saturated carbocycles. The number of nitrogens with zero attached hydrogens (tertiary/aromatic N) is 5. The Hall–Kier alpha value is -3.52. The average molecular weight is 433 g/mol. The highest BCUT2D eigenvalue weighted by Crippen LogP contribution is 2.28. The molecule has 2 aromatic heterocycles. The first-order valence-corrected chi connectivity index (χ1v) is 10.6. The van der Waals surface area contributed by atoms with E-state index < -0.39 is 5.82 Å². The van der Waals surface area contributed by atoms with Crippen molar-refractivity contribution in [3.05, 3.63) is 66.1 Å². The van der Waals surface area contributed by atoms with E-state index in [0.29, 0.717) is 29.5 Å². The van der Waals surface area contributed by atoms with Gasteiger partial charge in [0.25, 0.3) is 0 Å². The maximum Gasteiger partial charge on any atom is 0.229 e. The number of halogens is 1. The van der Waals surface area contributed by atoms with E-state index in [1.807, 2.05) is 25.1 Å². The molecule has 164 valence electrons. The number of hydrogen-bond acceptors (Lipinski definition) is 7. The molecule has 0 aliphatic carbocycles. The Morgan fingerprint density at radius 2 is 1.88 bits per heavy atom. The van der Waals surface area contributed by atoms with Crippen LogP contribution in [0.3, 0.4) is 0 Å². The molecule has 0 atom stereocenters. The lowest BCUT2D eigenvalue weighted by molar-refractivity contribution is 0.246. The van der Waals surface area contributed by atoms with Gasteiger partial charge in [0.1, 0.15) is 29.5 Å². The number of anilines is 1. The van der Waals surface area contributed by atoms with Gasteiger partial charge in [-0.05, 0) is 31.2 Å². The summed E-state index contributed by atoms with van der Waals surface area (Å²) in [4.78, 5) is 18.1. The monoisotopic (exact) mass is 433 g/mol. The van der Waals surface area contributed by atoms with Crippen molar-refractivity contribution < 1.29 is 13.5 Å². The summed E-state index contributed by atoms with van der Waals surface area (Å²) in [7, 11) is 1.51. The fraction of sp³-hybridized carbons (Fsp3) is 0.292. The summed E-state index contributed by atoms with van der Waals surface area (Å²) in [5.74, 6) is 2.03. The summed E-state index contributed by atoms with van der Waals surface area (Å²) in [6.07, 6.45) is 1.63. The van der Waals surface area contributed by atoms with Crippen molar-refractivity contribution in [3.8, 4) is 17.2 Å². The van der Waals surface area contributed by atoms with E-state index in [-0.39, 0.29) is 0 Å². The summed E-state index contributed by atoms with van der Waals surface area (Å²) < 4.78 is 25.3. The van der Waals surface area contributed by atoms with E-state index in [1.54, 1.807) is 18.5 Å². The normalized spacial score (nSPS) is 14.8. The quantitative estimate of drug-likeness (QED) is 0.470. The first-order valence-electron chi connectivity index (χ1n) is 10.6. The zero-order valence-corrected chi connectivity index (χ0v) is 18.1. The van der Waals surface area contributed by atoms with E-state index in [2.05, 4.69) is 30.8 Å². The summed E-state index contributed by atoms with van der Waals surface area (Å²) in [5, 5.41) is 1.07. The maximum atomic E-state index is 14.4. The van der Waals surface area contributed by atoms with Crippen molar-refractivity contribution >= 4 is 16.7 Å². The second-order valence-corrected chi connectivity index (χ2v) is 7.85. The molecule has 0 radical (unpaired) electrons. The van der Waals surface area contributed by atoms with E-state index in [1.165, 1.54) is 13.2 Å². The smallest absolute Gasteiger partial charge is 0.229 e. The van der Waals surface area contributed by atoms with Crippen LogP contribution >= 0.6 is 0 Å². The van der Waals surface area contributed by atoms with Crippen molar-refractivity contribution in [2.24, 2.45) is 0 Å². The zero-order valence-electron chi connectivity index (χ0n) is 18.1. The van der Waals surface area contributed by atoms with E-state index in [9.17, 15) is 4.39 Å². The Balaban J connectivity index is 1.28. The van der Waals surface area contributed by atoms with Crippen molar-refractivity contribution in [3.63, 3.8) is 0 Å². The van der Waals surface area contributed by atoms with Crippen LogP contribution in [0, 0.1) is 12.7 Å². The fourth-order valence-corrected chi connectivity index (χ4v) is 4.06. The summed E-state index contributed by atoms with van der Waals surface area (Å²) >= 11 is 0. The Bertz CT molecular complexity index is 1250. The number of methoxy groups -OCH3 is 1. The van der Waals surface area contributed by atoms with Crippen LogP contribution in [0.5, 0.6) is 5.75 Å². The molecule has 7 nitrogen and oxygen atoms in total. The molecule has 1 aliphatic rings. The van der Waals surface area contributed by atoms with Crippen LogP contribution in [0.1, 0.15) is 11.5 Å². The van der Waals surface area contributed by atoms with E-state index in [0.717, 1.165) is 48.6 Å². The molecular weight excluding hydrogens is 409 g/mol. The summed E-state index contributed by atoms with van der Waals surface area (Å²) in [6, 6.07) is 12.8. The van der Waals surface area contributed by atoms with Crippen LogP contribution in [0.25, 0.3) is 22.4 Å². The van der Waals surface area contributed by atoms with Crippen LogP contribution in [0.2, 0.25) is 0 Å². The highest BCUT2D eigenvalue weighted by atomic mass is 19.1. The van der Waals surface area contributed by atoms with Gasteiger partial charge in [-0.3, -0.25) is 4.90 Å². The summed E-state index contributed by atoms with van der Waals surface area (Å²) in [5.41, 5.74) is 2.12. The lowest BCUT2D eigenvalue weighted by Gasteiger charge is -2.35. The molecule has 0 amide bonds. The molecule has 0 unspecified atom stereocenters. The number of oxazole rings is 1. The molecular formula is C24H24FN5O2. The topological polar surface area (TPSA) is 67.5 Å². The fourth-order valence-electron chi connectivity index (χ4n) is 4.06. The Morgan fingerprint density at radius 3 is 2.66 bits per heavy atom. The van der Waals surface area contributed by atoms with Crippen LogP contribution in [0.15, 0.2) is 53.2 Å². The lowest BCUT2D eigenvalue weighted by atomic mass is 10.2. The third-order valence-corrected chi connectivity index (χ3v) is 5.87. The number of ether oxygens (including phenoxy) is 1. The predicted octanol–water partition coefficient (Wildman–Crippen LogP) is 4.06. The molecule has 32 heavy (non-hydrogen) atoms. The molecule has 4 aromatic rings. The number of fused-ring (bicyclic) bond motifs is 1. The first kappa shape index (κ1) is 20.4. The van der Waals surface area contributed by atoms with Gasteiger partial charge in [-0.25, -0.2) is 19.3 Å². The van der Waals surface area contributed by atoms with Gasteiger partial charge >= 0.3 is 0 Å². The van der Waals surface area contributed by atoms with Gasteiger partial charge in [-0.15, -0.1) is 0 Å². The highest BCUT2D eigenvalue weighted by molar-refractivity contribution is 5.89. The third kappa shape index (κ3) is 3.89. The van der Waals surface area contributed by atoms with Gasteiger partial charge in [0, 0.05) is 44.2 Å². The number of hydrogen-bond donors (Lipinski definition) is 0. The molecule has 1 fully saturated rings. The van der Waals surface area contributed by atoms with Crippen LogP contribution in [0.4, 0.5) is 10.2 Å². The zero-order chi connectivity index (χ0) is 22.1. The van der Waals surface area contributed by atoms with Crippen LogP contribution in [-0.2, 0) is 6.54 Å². The number of piperazine rings is 1. The molecule has 0 spiro atoms. The van der Waals surface area contributed by atoms with Crippen LogP contribution < -0.4 is 9.64 Å². The van der Waals surface area contributed by atoms with Gasteiger partial charge in [-0.2, -0.15) is 0 Å². The standard InChI is InChI=1S/C24H24FN5O2/c1-16-22(28-24(32-16)18-8-7-17(31-2)13-20(18)25)14-29-9-11-30(12-10-29)23-19-5-3-4-6-21(19)26-15-27-23/h3-8,13,15H,9-12,14H2,1-2H3. The average Bonchev–Trinajstić information content (AvgIpc) is 3.18. The van der Waals surface area contributed by atoms with Crippen molar-refractivity contribution in [2.75, 3.05) is 38.2 Å². The summed E-state index contributed by atoms with van der Waals surface area (Å²) in [6.45, 7) is 5.99. The number of benzene rings is 2. The Morgan fingerprint density at radius 1 is 1.06 bits per heavy atom. The van der Waals surface area contributed by atoms with Crippen LogP contribution in [-0.4, -0.2) is 53.1 Å². The Kier molecular flexibility index (Phi) is 5.45. The largest absolute Gasteiger partial charge is 0.497 e. The Labute approximate surface area is 185 Å². The molecule has 8 heteroatoms. The minimum atomic E-state index is -0.414. The number of rotatable bonds is 5. The molecule has 3 heterocycles. The molecule has 1 saturated heterocycles. The van der Waals surface area contributed by atoms with Gasteiger partial charge in [0.15, 0.2) is 0 Å². The van der Waals surface area contributed by atoms with Crippen molar-refractivity contribution in [2.45, 2.75) is 13.5 Å². The number of aromatic nitrogens is 3. The number of aryl methyl sites for hydroxylation is 1. The third-order valence-electron chi connectivity index (χ3n) is 5.87. The second-order valence-electron chi connectivity index (χ2n) is 7.85. The number of para-hydroxylation sites is 1. The second kappa shape index (κ2) is 8.55. The highest BCUT2D eigenvalue weighted by Gasteiger charge is 2.22. The molecule has 0 bridgehead atoms. The molecule has 0 N–H and O–H groups in total. The first-order chi connectivity index (χ1) is 15.6. The molecule has 2 aromatic carbocycles. The van der Waals surface area contributed by atoms with E-state index in [4.69, 9.17) is 9.15 Å². The minimum absolute atomic E-state index is 0.295.